The van der Waals surface area contributed by atoms with E-state index < -0.39 is 54.5 Å². The molecule has 2 saturated heterocycles. The summed E-state index contributed by atoms with van der Waals surface area (Å²) in [6, 6.07) is 6.65. The molecule has 0 unspecified atom stereocenters. The molecule has 11 nitrogen and oxygen atoms in total. The van der Waals surface area contributed by atoms with Crippen molar-refractivity contribution in [1.82, 2.24) is 24.6 Å². The van der Waals surface area contributed by atoms with Crippen molar-refractivity contribution in [3.8, 4) is 40.1 Å². The fraction of sp³-hybridized carbons (Fsp3) is 0.478. The van der Waals surface area contributed by atoms with Crippen LogP contribution in [-0.4, -0.2) is 88.8 Å². The third-order valence-corrected chi connectivity index (χ3v) is 19.8. The van der Waals surface area contributed by atoms with Gasteiger partial charge in [0, 0.05) is 37.0 Å². The fourth-order valence-electron chi connectivity index (χ4n) is 10.7. The van der Waals surface area contributed by atoms with E-state index in [2.05, 4.69) is 68.0 Å². The van der Waals surface area contributed by atoms with Crippen LogP contribution in [0.15, 0.2) is 30.3 Å². The highest BCUT2D eigenvalue weighted by molar-refractivity contribution is 6.90. The number of rotatable bonds is 10. The number of halogens is 4. The summed E-state index contributed by atoms with van der Waals surface area (Å²) in [7, 11) is -1.18. The van der Waals surface area contributed by atoms with Crippen LogP contribution in [0, 0.1) is 28.9 Å². The van der Waals surface area contributed by atoms with Crippen molar-refractivity contribution in [2.75, 3.05) is 38.3 Å². The van der Waals surface area contributed by atoms with E-state index in [9.17, 15) is 14.3 Å². The first-order chi connectivity index (χ1) is 29.5. The molecule has 2 fully saturated rings. The highest BCUT2D eigenvalue weighted by atomic mass is 28.3. The molecule has 0 spiro atoms. The number of nitrogens with zero attached hydrogens (tertiary/aromatic N) is 6. The topological polar surface area (TPSA) is 132 Å². The van der Waals surface area contributed by atoms with E-state index in [1.165, 1.54) is 31.4 Å². The highest BCUT2D eigenvalue weighted by Crippen LogP contribution is 2.48. The first-order valence-electron chi connectivity index (χ1n) is 21.4. The molecule has 328 valence electrons. The maximum atomic E-state index is 17.9. The summed E-state index contributed by atoms with van der Waals surface area (Å²) in [4.78, 5) is 25.3. The molecule has 0 aliphatic carbocycles. The SMILES string of the molecule is COc1c(F)c(-c2cc(O)cc3ccc(F)c(C#C[Si](C(C)C)(C(C)C)C(C)C)c23)c(F)c2nc(OC[C@@]34CCCN3C[C@H](F)C4)nc(N3CCCn4nc(C(N)=O)cc4C3)c12. The average Bonchev–Trinajstić information content (AvgIpc) is 3.84. The Labute approximate surface area is 359 Å². The van der Waals surface area contributed by atoms with Crippen molar-refractivity contribution in [3.05, 3.63) is 64.7 Å². The summed E-state index contributed by atoms with van der Waals surface area (Å²) in [6.07, 6.45) is 1.32. The van der Waals surface area contributed by atoms with Crippen LogP contribution in [0.4, 0.5) is 23.4 Å². The van der Waals surface area contributed by atoms with Gasteiger partial charge < -0.3 is 25.2 Å². The third-order valence-electron chi connectivity index (χ3n) is 13.5. The van der Waals surface area contributed by atoms with Crippen LogP contribution in [-0.2, 0) is 13.1 Å². The number of primary amides is 1. The Morgan fingerprint density at radius 1 is 1.00 bits per heavy atom. The molecule has 3 aromatic carbocycles. The van der Waals surface area contributed by atoms with E-state index in [1.807, 2.05) is 0 Å². The van der Waals surface area contributed by atoms with Crippen molar-refractivity contribution in [1.29, 1.82) is 0 Å². The summed E-state index contributed by atoms with van der Waals surface area (Å²) in [5.41, 5.74) is 8.73. The predicted molar refractivity (Wildman–Crippen MR) is 233 cm³/mol. The largest absolute Gasteiger partial charge is 0.508 e. The molecule has 2 aromatic heterocycles. The number of amides is 1. The molecule has 8 rings (SSSR count). The molecule has 3 aliphatic heterocycles. The molecule has 62 heavy (non-hydrogen) atoms. The lowest BCUT2D eigenvalue weighted by atomic mass is 9.92. The van der Waals surface area contributed by atoms with Gasteiger partial charge in [-0.25, -0.2) is 17.6 Å². The number of alkyl halides is 1. The summed E-state index contributed by atoms with van der Waals surface area (Å²) < 4.78 is 80.3. The number of hydrogen-bond donors (Lipinski definition) is 2. The second-order valence-corrected chi connectivity index (χ2v) is 23.6. The van der Waals surface area contributed by atoms with Gasteiger partial charge in [0.1, 0.15) is 49.4 Å². The van der Waals surface area contributed by atoms with Crippen LogP contribution in [0.1, 0.15) is 89.0 Å². The van der Waals surface area contributed by atoms with E-state index in [1.54, 1.807) is 15.6 Å². The predicted octanol–water partition coefficient (Wildman–Crippen LogP) is 8.81. The van der Waals surface area contributed by atoms with E-state index in [-0.39, 0.29) is 93.4 Å². The Kier molecular flexibility index (Phi) is 11.4. The summed E-state index contributed by atoms with van der Waals surface area (Å²) in [5, 5.41) is 15.8. The third kappa shape index (κ3) is 7.20. The molecule has 2 atom stereocenters. The average molecular weight is 872 g/mol. The molecule has 0 radical (unpaired) electrons. The lowest BCUT2D eigenvalue weighted by Crippen LogP contribution is -2.43. The Morgan fingerprint density at radius 3 is 2.44 bits per heavy atom. The van der Waals surface area contributed by atoms with Gasteiger partial charge in [-0.2, -0.15) is 15.1 Å². The minimum Gasteiger partial charge on any atom is -0.508 e. The van der Waals surface area contributed by atoms with Crippen LogP contribution in [0.2, 0.25) is 16.6 Å². The van der Waals surface area contributed by atoms with Gasteiger partial charge in [-0.1, -0.05) is 53.5 Å². The number of carbonyl (C=O) groups is 1. The van der Waals surface area contributed by atoms with E-state index in [4.69, 9.17) is 20.2 Å². The summed E-state index contributed by atoms with van der Waals surface area (Å²) in [6.45, 7) is 14.8. The normalized spacial score (nSPS) is 19.3. The number of hydrogen-bond acceptors (Lipinski definition) is 9. The Morgan fingerprint density at radius 2 is 1.74 bits per heavy atom. The van der Waals surface area contributed by atoms with Crippen LogP contribution in [0.25, 0.3) is 32.8 Å². The van der Waals surface area contributed by atoms with Crippen LogP contribution >= 0.6 is 0 Å². The van der Waals surface area contributed by atoms with E-state index >= 15 is 13.2 Å². The molecule has 3 aliphatic rings. The molecule has 5 heterocycles. The maximum Gasteiger partial charge on any atom is 0.319 e. The first kappa shape index (κ1) is 43.3. The van der Waals surface area contributed by atoms with Gasteiger partial charge >= 0.3 is 6.01 Å². The molecule has 0 saturated carbocycles. The zero-order valence-electron chi connectivity index (χ0n) is 36.2. The maximum absolute atomic E-state index is 17.9. The van der Waals surface area contributed by atoms with Gasteiger partial charge in [-0.15, -0.1) is 5.54 Å². The van der Waals surface area contributed by atoms with Crippen molar-refractivity contribution in [3.63, 3.8) is 0 Å². The number of benzene rings is 3. The monoisotopic (exact) mass is 871 g/mol. The number of anilines is 1. The number of phenols is 1. The molecule has 16 heteroatoms. The number of fused-ring (bicyclic) bond motifs is 4. The Hall–Kier alpha value is -5.40. The number of nitrogens with two attached hydrogens (primary N) is 1. The smallest absolute Gasteiger partial charge is 0.319 e. The quantitative estimate of drug-likeness (QED) is 0.0803. The summed E-state index contributed by atoms with van der Waals surface area (Å²) in [5.74, 6) is -1.05. The van der Waals surface area contributed by atoms with E-state index in [0.29, 0.717) is 37.0 Å². The van der Waals surface area contributed by atoms with Gasteiger partial charge in [0.05, 0.1) is 41.4 Å². The molecular weight excluding hydrogens is 819 g/mol. The standard InChI is InChI=1S/C46H53F4N7O4Si/c1-25(2)62(26(3)4,27(5)6)17-12-32-34(48)11-10-28-18-31(58)20-33(36(28)32)37-39(49)41-38(42(60-7)40(37)50)44(55-14-9-16-57-30(23-55)19-35(54-57)43(51)59)53-45(52-41)61-24-46-13-8-15-56(46)22-29(47)21-46/h10-11,18-20,25-27,29,58H,8-9,13-16,21-24H2,1-7H3,(H2,51,59)/t29-,46+/m1/s1. The van der Waals surface area contributed by atoms with Crippen LogP contribution < -0.4 is 20.1 Å². The van der Waals surface area contributed by atoms with Gasteiger partial charge in [0.2, 0.25) is 0 Å². The summed E-state index contributed by atoms with van der Waals surface area (Å²) >= 11 is 0. The minimum absolute atomic E-state index is 0.0341. The number of aromatic nitrogens is 4. The molecule has 1 amide bonds. The Balaban J connectivity index is 1.37. The van der Waals surface area contributed by atoms with Crippen molar-refractivity contribution in [2.45, 2.75) is 109 Å². The van der Waals surface area contributed by atoms with Gasteiger partial charge in [-0.05, 0) is 72.1 Å². The number of phenolic OH excluding ortho intramolecular Hbond substituents is 1. The highest BCUT2D eigenvalue weighted by Gasteiger charge is 2.49. The molecule has 5 aromatic rings. The molecular formula is C46H53F4N7O4Si. The van der Waals surface area contributed by atoms with Crippen molar-refractivity contribution in [2.24, 2.45) is 5.73 Å². The lowest BCUT2D eigenvalue weighted by molar-refractivity contribution is 0.0994. The first-order valence-corrected chi connectivity index (χ1v) is 23.6. The zero-order chi connectivity index (χ0) is 44.4. The van der Waals surface area contributed by atoms with Crippen molar-refractivity contribution >= 4 is 41.5 Å². The van der Waals surface area contributed by atoms with Gasteiger partial charge in [0.15, 0.2) is 17.4 Å². The molecule has 0 bridgehead atoms. The second-order valence-electron chi connectivity index (χ2n) is 18.0. The number of aromatic hydroxyl groups is 1. The number of carbonyl (C=O) groups excluding carboxylic acids is 1. The number of ether oxygens (including phenoxy) is 2. The van der Waals surface area contributed by atoms with Crippen LogP contribution in [0.3, 0.4) is 0 Å². The number of aryl methyl sites for hydroxylation is 1. The molecule has 3 N–H and O–H groups in total. The van der Waals surface area contributed by atoms with Crippen molar-refractivity contribution < 1.29 is 36.9 Å². The zero-order valence-corrected chi connectivity index (χ0v) is 37.2. The second kappa shape index (κ2) is 16.4. The Bertz CT molecular complexity index is 2640. The van der Waals surface area contributed by atoms with Gasteiger partial charge in [0.25, 0.3) is 5.91 Å². The van der Waals surface area contributed by atoms with Gasteiger partial charge in [-0.3, -0.25) is 14.4 Å². The number of methoxy groups -OCH3 is 1. The lowest BCUT2D eigenvalue weighted by Gasteiger charge is -2.38. The fourth-order valence-corrected chi connectivity index (χ4v) is 15.9. The minimum atomic E-state index is -2.42. The van der Waals surface area contributed by atoms with Crippen LogP contribution in [0.5, 0.6) is 17.5 Å². The van der Waals surface area contributed by atoms with E-state index in [0.717, 1.165) is 13.0 Å².